The van der Waals surface area contributed by atoms with Crippen LogP contribution < -0.4 is 10.5 Å². The molecule has 0 aliphatic carbocycles. The zero-order valence-electron chi connectivity index (χ0n) is 2.86. The minimum Gasteiger partial charge on any atom is -0.114 e. The normalized spacial score (nSPS) is 3.43. The predicted molar refractivity (Wildman–Crippen MR) is 23.8 cm³/mol. The van der Waals surface area contributed by atoms with Gasteiger partial charge in [0, 0.05) is 0 Å². The van der Waals surface area contributed by atoms with Gasteiger partial charge in [0.25, 0.3) is 0 Å². The van der Waals surface area contributed by atoms with Crippen LogP contribution in [0, 0.1) is 19.4 Å². The molecule has 0 spiro atoms. The van der Waals surface area contributed by atoms with E-state index in [0.717, 1.165) is 0 Å². The minimum atomic E-state index is 0. The van der Waals surface area contributed by atoms with Crippen molar-refractivity contribution in [1.82, 2.24) is 0 Å². The first-order valence-corrected chi connectivity index (χ1v) is 0.667. The third kappa shape index (κ3) is 110. The molecule has 0 aliphatic rings. The third-order valence-electron chi connectivity index (χ3n) is 0. The summed E-state index contributed by atoms with van der Waals surface area (Å²) in [5.74, 6) is 0. The van der Waals surface area contributed by atoms with Crippen molar-refractivity contribution in [2.24, 2.45) is 0 Å². The topological polar surface area (TPSA) is 103 Å². The zero-order valence-corrected chi connectivity index (χ0v) is 4.57. The van der Waals surface area contributed by atoms with E-state index >= 15 is 0 Å². The molecule has 0 saturated heterocycles. The van der Waals surface area contributed by atoms with E-state index in [-0.39, 0.29) is 17.0 Å². The van der Waals surface area contributed by atoms with Crippen molar-refractivity contribution in [2.45, 2.75) is 0 Å². The van der Waals surface area contributed by atoms with Crippen molar-refractivity contribution in [3.05, 3.63) is 19.4 Å². The lowest BCUT2D eigenvalue weighted by atomic mass is 14.8. The third-order valence-corrected chi connectivity index (χ3v) is 0. The standard InChI is InChI=1S/BrH.2O3/c;2*1-3-2/h1H;;. The first-order chi connectivity index (χ1) is 2.83. The van der Waals surface area contributed by atoms with Crippen LogP contribution in [0.4, 0.5) is 0 Å². The molecule has 0 saturated carbocycles. The number of hydrogen-bond acceptors (Lipinski definition) is 4. The van der Waals surface area contributed by atoms with Gasteiger partial charge in [-0.05, 0) is 0 Å². The molecular formula is HBrO6. The van der Waals surface area contributed by atoms with E-state index in [1.807, 2.05) is 0 Å². The van der Waals surface area contributed by atoms with Crippen molar-refractivity contribution in [3.8, 4) is 0 Å². The molecule has 0 fully saturated rings. The highest BCUT2D eigenvalue weighted by Gasteiger charge is 1.27. The van der Waals surface area contributed by atoms with Gasteiger partial charge in [-0.25, -0.2) is 0 Å². The molecule has 0 amide bonds. The lowest BCUT2D eigenvalue weighted by Gasteiger charge is -1.19. The largest absolute Gasteiger partial charge is 0.154 e. The number of rotatable bonds is 0. The Morgan fingerprint density at radius 1 is 1.00 bits per heavy atom. The Bertz CT molecular complexity index is 25.2. The summed E-state index contributed by atoms with van der Waals surface area (Å²) in [7, 11) is 0. The van der Waals surface area contributed by atoms with Gasteiger partial charge in [-0.15, -0.1) is 17.0 Å². The summed E-state index contributed by atoms with van der Waals surface area (Å²) in [5, 5.41) is 15.8. The molecule has 0 unspecified atom stereocenters. The van der Waals surface area contributed by atoms with E-state index < -0.39 is 0 Å². The van der Waals surface area contributed by atoms with Gasteiger partial charge in [0.05, 0.1) is 0 Å². The molecule has 0 atom stereocenters. The summed E-state index contributed by atoms with van der Waals surface area (Å²) in [4.78, 5) is 15.8. The summed E-state index contributed by atoms with van der Waals surface area (Å²) in [6.45, 7) is 0. The van der Waals surface area contributed by atoms with Crippen LogP contribution in [0.5, 0.6) is 0 Å². The molecule has 0 rings (SSSR count). The summed E-state index contributed by atoms with van der Waals surface area (Å²) < 4.78 is 3.50. The van der Waals surface area contributed by atoms with Crippen molar-refractivity contribution in [2.75, 3.05) is 0 Å². The van der Waals surface area contributed by atoms with Gasteiger partial charge in [-0.3, -0.25) is 0 Å². The molecule has 0 heterocycles. The second-order valence-corrected chi connectivity index (χ2v) is 0.136. The van der Waals surface area contributed by atoms with Crippen molar-refractivity contribution in [3.63, 3.8) is 0 Å². The van der Waals surface area contributed by atoms with Crippen LogP contribution in [0.15, 0.2) is 0 Å². The maximum atomic E-state index is 7.88. The van der Waals surface area contributed by atoms with Crippen LogP contribution in [0.1, 0.15) is 0 Å². The fourth-order valence-corrected chi connectivity index (χ4v) is 0. The maximum absolute atomic E-state index is 7.88. The molecule has 0 aliphatic heterocycles. The molecule has 0 aromatic rings. The number of halogens is 1. The lowest BCUT2D eigenvalue weighted by molar-refractivity contribution is -0.285. The molecule has 44 valence electrons. The molecule has 0 radical (unpaired) electrons. The van der Waals surface area contributed by atoms with Crippen LogP contribution in [0.3, 0.4) is 0 Å². The maximum Gasteiger partial charge on any atom is 0.154 e. The smallest absolute Gasteiger partial charge is 0.114 e. The van der Waals surface area contributed by atoms with E-state index in [1.54, 1.807) is 9.49 Å². The first-order valence-electron chi connectivity index (χ1n) is 0.667. The second-order valence-electron chi connectivity index (χ2n) is 0.136. The Morgan fingerprint density at radius 2 is 1.00 bits per heavy atom. The van der Waals surface area contributed by atoms with Gasteiger partial charge >= 0.3 is 0 Å². The van der Waals surface area contributed by atoms with Gasteiger partial charge in [0.1, 0.15) is 0 Å². The summed E-state index contributed by atoms with van der Waals surface area (Å²) in [5.41, 5.74) is 0. The highest BCUT2D eigenvalue weighted by Crippen LogP contribution is 1.01. The van der Waals surface area contributed by atoms with Crippen molar-refractivity contribution in [1.29, 1.82) is 0 Å². The van der Waals surface area contributed by atoms with Gasteiger partial charge in [-0.2, -0.15) is 0 Å². The Kier molecular flexibility index (Phi) is 137. The molecule has 0 N–H and O–H groups in total. The monoisotopic (exact) mass is 176 g/mol. The van der Waals surface area contributed by atoms with Gasteiger partial charge < -0.3 is 0 Å². The van der Waals surface area contributed by atoms with Crippen molar-refractivity contribution >= 4 is 17.0 Å². The quantitative estimate of drug-likeness (QED) is 0.250. The van der Waals surface area contributed by atoms with Crippen LogP contribution in [-0.2, 0) is 0 Å². The van der Waals surface area contributed by atoms with Crippen LogP contribution in [0.2, 0.25) is 0 Å². The molecular weight excluding hydrogens is 176 g/mol. The predicted octanol–water partition coefficient (Wildman–Crippen LogP) is -1.67. The van der Waals surface area contributed by atoms with Crippen LogP contribution in [0.25, 0.3) is 0 Å². The molecule has 7 heteroatoms. The van der Waals surface area contributed by atoms with Crippen LogP contribution >= 0.6 is 17.0 Å². The molecule has 0 bridgehead atoms. The Morgan fingerprint density at radius 3 is 1.00 bits per heavy atom. The van der Waals surface area contributed by atoms with E-state index in [1.165, 1.54) is 0 Å². The van der Waals surface area contributed by atoms with Gasteiger partial charge in [0.15, 0.2) is 9.49 Å². The fourth-order valence-electron chi connectivity index (χ4n) is 0. The van der Waals surface area contributed by atoms with Crippen LogP contribution in [-0.4, -0.2) is 0 Å². The van der Waals surface area contributed by atoms with Gasteiger partial charge in [0.2, 0.25) is 0 Å². The molecule has 0 aromatic heterocycles. The molecule has 7 heavy (non-hydrogen) atoms. The van der Waals surface area contributed by atoms with E-state index in [9.17, 15) is 0 Å². The highest BCUT2D eigenvalue weighted by atomic mass is 79.9. The zero-order chi connectivity index (χ0) is 5.41. The summed E-state index contributed by atoms with van der Waals surface area (Å²) in [6, 6.07) is 0. The fraction of sp³-hybridized carbons (Fsp3) is 0. The van der Waals surface area contributed by atoms with E-state index in [2.05, 4.69) is 0 Å². The van der Waals surface area contributed by atoms with Crippen molar-refractivity contribution < 1.29 is 10.5 Å². The second kappa shape index (κ2) is 59.0. The Hall–Kier alpha value is -0.720. The van der Waals surface area contributed by atoms with Gasteiger partial charge in [-0.1, -0.05) is 20.4 Å². The average molecular weight is 177 g/mol. The first kappa shape index (κ1) is 16.3. The molecule has 0 aromatic carbocycles. The lowest BCUT2D eigenvalue weighted by Crippen LogP contribution is -1.82. The SMILES string of the molecule is Br.O=[O+][O-].O=[O+][O-]. The number of hydrogen-bond donors (Lipinski definition) is 0. The Labute approximate surface area is 47.8 Å². The summed E-state index contributed by atoms with van der Waals surface area (Å²) >= 11 is 0. The van der Waals surface area contributed by atoms with E-state index in [0.29, 0.717) is 0 Å². The molecule has 6 nitrogen and oxygen atoms in total. The Balaban J connectivity index is -0.0000000400. The average Bonchev–Trinajstić information content (AvgIpc) is 1.39. The summed E-state index contributed by atoms with van der Waals surface area (Å²) in [6.07, 6.45) is 0. The van der Waals surface area contributed by atoms with E-state index in [4.69, 9.17) is 20.4 Å². The minimum absolute atomic E-state index is 0. The highest BCUT2D eigenvalue weighted by molar-refractivity contribution is 8.93.